The van der Waals surface area contributed by atoms with Crippen molar-refractivity contribution in [2.75, 3.05) is 6.61 Å². The second-order valence-electron chi connectivity index (χ2n) is 4.38. The molecule has 1 aliphatic rings. The summed E-state index contributed by atoms with van der Waals surface area (Å²) in [5.41, 5.74) is 6.61. The van der Waals surface area contributed by atoms with Gasteiger partial charge in [-0.2, -0.15) is 0 Å². The molecule has 0 aliphatic carbocycles. The van der Waals surface area contributed by atoms with Crippen LogP contribution in [0.25, 0.3) is 0 Å². The van der Waals surface area contributed by atoms with Gasteiger partial charge in [0.25, 0.3) is 0 Å². The Morgan fingerprint density at radius 1 is 1.50 bits per heavy atom. The Bertz CT molecular complexity index is 410. The summed E-state index contributed by atoms with van der Waals surface area (Å²) in [6.07, 6.45) is 1.81. The smallest absolute Gasteiger partial charge is 0.237 e. The number of nitrogens with one attached hydrogen (secondary N) is 1. The Morgan fingerprint density at radius 2 is 2.22 bits per heavy atom. The van der Waals surface area contributed by atoms with E-state index in [1.54, 1.807) is 6.92 Å². The molecule has 18 heavy (non-hydrogen) atoms. The number of carbonyl (C=O) groups is 1. The average Bonchev–Trinajstić information content (AvgIpc) is 2.52. The van der Waals surface area contributed by atoms with E-state index in [4.69, 9.17) is 10.5 Å². The van der Waals surface area contributed by atoms with Crippen molar-refractivity contribution in [3.8, 4) is 5.75 Å². The average molecular weight is 271 g/mol. The molecule has 100 valence electrons. The van der Waals surface area contributed by atoms with Crippen LogP contribution in [0.1, 0.15) is 31.4 Å². The lowest BCUT2D eigenvalue weighted by molar-refractivity contribution is -0.122. The fourth-order valence-corrected chi connectivity index (χ4v) is 1.98. The van der Waals surface area contributed by atoms with Crippen LogP contribution in [0.4, 0.5) is 0 Å². The van der Waals surface area contributed by atoms with Crippen LogP contribution in [0, 0.1) is 0 Å². The van der Waals surface area contributed by atoms with E-state index in [1.165, 1.54) is 0 Å². The number of halogens is 1. The SMILES string of the molecule is C[C@H](N)C(=O)NC1CCCOc2ccccc21.Cl. The highest BCUT2D eigenvalue weighted by atomic mass is 35.5. The summed E-state index contributed by atoms with van der Waals surface area (Å²) in [5.74, 6) is 0.742. The first kappa shape index (κ1) is 14.8. The zero-order chi connectivity index (χ0) is 12.3. The number of amides is 1. The highest BCUT2D eigenvalue weighted by molar-refractivity contribution is 5.85. The van der Waals surface area contributed by atoms with Gasteiger partial charge in [0, 0.05) is 5.56 Å². The lowest BCUT2D eigenvalue weighted by Gasteiger charge is -2.19. The Balaban J connectivity index is 0.00000162. The number of nitrogens with two attached hydrogens (primary N) is 1. The molecule has 0 radical (unpaired) electrons. The molecule has 3 N–H and O–H groups in total. The number of rotatable bonds is 2. The molecule has 1 amide bonds. The molecule has 1 aromatic rings. The maximum absolute atomic E-state index is 11.7. The normalized spacial score (nSPS) is 19.6. The Morgan fingerprint density at radius 3 is 2.94 bits per heavy atom. The van der Waals surface area contributed by atoms with Gasteiger partial charge in [-0.15, -0.1) is 12.4 Å². The molecular weight excluding hydrogens is 252 g/mol. The van der Waals surface area contributed by atoms with Crippen LogP contribution in [0.2, 0.25) is 0 Å². The number of hydrogen-bond acceptors (Lipinski definition) is 3. The van der Waals surface area contributed by atoms with Crippen LogP contribution in [-0.2, 0) is 4.79 Å². The summed E-state index contributed by atoms with van der Waals surface area (Å²) in [5, 5.41) is 2.97. The van der Waals surface area contributed by atoms with Crippen molar-refractivity contribution in [2.45, 2.75) is 31.8 Å². The molecule has 5 heteroatoms. The maximum atomic E-state index is 11.7. The van der Waals surface area contributed by atoms with Gasteiger partial charge in [0.05, 0.1) is 18.7 Å². The third-order valence-electron chi connectivity index (χ3n) is 2.92. The molecule has 2 atom stereocenters. The first-order valence-electron chi connectivity index (χ1n) is 5.96. The standard InChI is InChI=1S/C13H18N2O2.ClH/c1-9(14)13(16)15-11-6-4-8-17-12-7-3-2-5-10(11)12;/h2-3,5,7,9,11H,4,6,8,14H2,1H3,(H,15,16);1H/t9-,11?;/m0./s1. The van der Waals surface area contributed by atoms with Gasteiger partial charge < -0.3 is 15.8 Å². The number of carbonyl (C=O) groups excluding carboxylic acids is 1. The van der Waals surface area contributed by atoms with E-state index in [2.05, 4.69) is 5.32 Å². The van der Waals surface area contributed by atoms with Crippen molar-refractivity contribution in [2.24, 2.45) is 5.73 Å². The molecule has 1 unspecified atom stereocenters. The predicted octanol–water partition coefficient (Wildman–Crippen LogP) is 1.79. The van der Waals surface area contributed by atoms with Crippen molar-refractivity contribution >= 4 is 18.3 Å². The molecule has 0 bridgehead atoms. The van der Waals surface area contributed by atoms with Crippen molar-refractivity contribution in [1.82, 2.24) is 5.32 Å². The molecule has 0 spiro atoms. The second kappa shape index (κ2) is 6.61. The zero-order valence-corrected chi connectivity index (χ0v) is 11.2. The third kappa shape index (κ3) is 3.37. The summed E-state index contributed by atoms with van der Waals surface area (Å²) in [6, 6.07) is 7.35. The van der Waals surface area contributed by atoms with Crippen LogP contribution in [0.5, 0.6) is 5.75 Å². The topological polar surface area (TPSA) is 64.4 Å². The number of fused-ring (bicyclic) bond motifs is 1. The number of hydrogen-bond donors (Lipinski definition) is 2. The summed E-state index contributed by atoms with van der Waals surface area (Å²) >= 11 is 0. The number of benzene rings is 1. The lowest BCUT2D eigenvalue weighted by atomic mass is 10.0. The van der Waals surface area contributed by atoms with Crippen LogP contribution in [-0.4, -0.2) is 18.6 Å². The summed E-state index contributed by atoms with van der Waals surface area (Å²) in [7, 11) is 0. The second-order valence-corrected chi connectivity index (χ2v) is 4.38. The molecule has 0 saturated heterocycles. The highest BCUT2D eigenvalue weighted by Gasteiger charge is 2.21. The van der Waals surface area contributed by atoms with Crippen LogP contribution < -0.4 is 15.8 Å². The molecule has 0 fully saturated rings. The molecule has 1 aromatic carbocycles. The van der Waals surface area contributed by atoms with Crippen LogP contribution in [0.15, 0.2) is 24.3 Å². The van der Waals surface area contributed by atoms with E-state index >= 15 is 0 Å². The Hall–Kier alpha value is -1.26. The minimum Gasteiger partial charge on any atom is -0.493 e. The van der Waals surface area contributed by atoms with Gasteiger partial charge in [0.15, 0.2) is 0 Å². The molecule has 4 nitrogen and oxygen atoms in total. The number of para-hydroxylation sites is 1. The summed E-state index contributed by atoms with van der Waals surface area (Å²) in [4.78, 5) is 11.7. The molecule has 1 aliphatic heterocycles. The van der Waals surface area contributed by atoms with Crippen molar-refractivity contribution in [3.63, 3.8) is 0 Å². The van der Waals surface area contributed by atoms with Gasteiger partial charge in [0.1, 0.15) is 5.75 Å². The largest absolute Gasteiger partial charge is 0.493 e. The van der Waals surface area contributed by atoms with Crippen molar-refractivity contribution < 1.29 is 9.53 Å². The first-order chi connectivity index (χ1) is 8.18. The summed E-state index contributed by atoms with van der Waals surface area (Å²) < 4.78 is 5.64. The Labute approximate surface area is 113 Å². The third-order valence-corrected chi connectivity index (χ3v) is 2.92. The maximum Gasteiger partial charge on any atom is 0.237 e. The van der Waals surface area contributed by atoms with Crippen molar-refractivity contribution in [1.29, 1.82) is 0 Å². The summed E-state index contributed by atoms with van der Waals surface area (Å²) in [6.45, 7) is 2.38. The molecule has 0 aromatic heterocycles. The molecule has 1 heterocycles. The minimum atomic E-state index is -0.480. The fraction of sp³-hybridized carbons (Fsp3) is 0.462. The quantitative estimate of drug-likeness (QED) is 0.861. The van der Waals surface area contributed by atoms with E-state index in [0.717, 1.165) is 24.2 Å². The van der Waals surface area contributed by atoms with Gasteiger partial charge in [-0.1, -0.05) is 18.2 Å². The first-order valence-corrected chi connectivity index (χ1v) is 5.96. The van der Waals surface area contributed by atoms with Gasteiger partial charge in [-0.05, 0) is 25.8 Å². The van der Waals surface area contributed by atoms with E-state index in [1.807, 2.05) is 24.3 Å². The van der Waals surface area contributed by atoms with E-state index in [0.29, 0.717) is 6.61 Å². The highest BCUT2D eigenvalue weighted by Crippen LogP contribution is 2.30. The van der Waals surface area contributed by atoms with E-state index in [-0.39, 0.29) is 24.4 Å². The zero-order valence-electron chi connectivity index (χ0n) is 10.4. The van der Waals surface area contributed by atoms with Gasteiger partial charge in [0.2, 0.25) is 5.91 Å². The van der Waals surface area contributed by atoms with E-state index < -0.39 is 6.04 Å². The predicted molar refractivity (Wildman–Crippen MR) is 73.0 cm³/mol. The minimum absolute atomic E-state index is 0. The number of ether oxygens (including phenoxy) is 1. The molecule has 2 rings (SSSR count). The van der Waals surface area contributed by atoms with Gasteiger partial charge in [-0.3, -0.25) is 4.79 Å². The van der Waals surface area contributed by atoms with Gasteiger partial charge in [-0.25, -0.2) is 0 Å². The monoisotopic (exact) mass is 270 g/mol. The molecule has 0 saturated carbocycles. The fourth-order valence-electron chi connectivity index (χ4n) is 1.98. The van der Waals surface area contributed by atoms with Crippen LogP contribution in [0.3, 0.4) is 0 Å². The van der Waals surface area contributed by atoms with Gasteiger partial charge >= 0.3 is 0 Å². The Kier molecular flexibility index (Phi) is 5.44. The van der Waals surface area contributed by atoms with E-state index in [9.17, 15) is 4.79 Å². The molecular formula is C13H19ClN2O2. The van der Waals surface area contributed by atoms with Crippen LogP contribution >= 0.6 is 12.4 Å². The van der Waals surface area contributed by atoms with Crippen molar-refractivity contribution in [3.05, 3.63) is 29.8 Å². The lowest BCUT2D eigenvalue weighted by Crippen LogP contribution is -2.40.